The van der Waals surface area contributed by atoms with Crippen molar-refractivity contribution < 1.29 is 4.79 Å². The molecule has 31 heavy (non-hydrogen) atoms. The van der Waals surface area contributed by atoms with Gasteiger partial charge < -0.3 is 4.90 Å². The molecule has 160 valence electrons. The molecule has 1 N–H and O–H groups in total. The molecule has 0 bridgehead atoms. The molecule has 4 nitrogen and oxygen atoms in total. The molecular weight excluding hydrogens is 382 g/mol. The molecule has 1 atom stereocenters. The van der Waals surface area contributed by atoms with Gasteiger partial charge in [-0.05, 0) is 85.7 Å². The van der Waals surface area contributed by atoms with Crippen molar-refractivity contribution >= 4 is 28.6 Å². The molecule has 0 aliphatic carbocycles. The summed E-state index contributed by atoms with van der Waals surface area (Å²) in [4.78, 5) is 15.2. The third-order valence-corrected chi connectivity index (χ3v) is 6.49. The lowest BCUT2D eigenvalue weighted by molar-refractivity contribution is 0.0957. The molecule has 1 heterocycles. The van der Waals surface area contributed by atoms with Crippen molar-refractivity contribution in [3.63, 3.8) is 0 Å². The van der Waals surface area contributed by atoms with Crippen LogP contribution in [0.1, 0.15) is 67.1 Å². The lowest BCUT2D eigenvalue weighted by Gasteiger charge is -2.47. The summed E-state index contributed by atoms with van der Waals surface area (Å²) in [6, 6.07) is 18.1. The Kier molecular flexibility index (Phi) is 5.57. The van der Waals surface area contributed by atoms with Gasteiger partial charge in [0.05, 0.1) is 6.21 Å². The van der Waals surface area contributed by atoms with Crippen LogP contribution in [0, 0.1) is 6.92 Å². The van der Waals surface area contributed by atoms with Crippen LogP contribution < -0.4 is 10.3 Å². The highest BCUT2D eigenvalue weighted by atomic mass is 16.2. The van der Waals surface area contributed by atoms with Crippen molar-refractivity contribution in [3.05, 3.63) is 76.9 Å². The molecule has 3 aromatic carbocycles. The third-order valence-electron chi connectivity index (χ3n) is 6.49. The second-order valence-corrected chi connectivity index (χ2v) is 9.16. The molecule has 0 aromatic heterocycles. The summed E-state index contributed by atoms with van der Waals surface area (Å²) in [7, 11) is 0. The topological polar surface area (TPSA) is 44.7 Å². The third kappa shape index (κ3) is 3.95. The van der Waals surface area contributed by atoms with Crippen molar-refractivity contribution in [2.45, 2.75) is 52.5 Å². The lowest BCUT2D eigenvalue weighted by Crippen LogP contribution is -2.48. The maximum Gasteiger partial charge on any atom is 0.271 e. The van der Waals surface area contributed by atoms with Crippen molar-refractivity contribution in [2.75, 3.05) is 11.4 Å². The van der Waals surface area contributed by atoms with Crippen LogP contribution in [0.2, 0.25) is 0 Å². The lowest BCUT2D eigenvalue weighted by atomic mass is 9.79. The molecule has 1 unspecified atom stereocenters. The van der Waals surface area contributed by atoms with Gasteiger partial charge in [0, 0.05) is 23.3 Å². The van der Waals surface area contributed by atoms with Crippen LogP contribution in [0.3, 0.4) is 0 Å². The van der Waals surface area contributed by atoms with E-state index in [0.717, 1.165) is 34.9 Å². The molecule has 4 heteroatoms. The zero-order chi connectivity index (χ0) is 22.2. The summed E-state index contributed by atoms with van der Waals surface area (Å²) in [5.74, 6) is 0.279. The maximum absolute atomic E-state index is 12.7. The molecule has 3 aromatic rings. The summed E-state index contributed by atoms with van der Waals surface area (Å²) in [5.41, 5.74) is 8.37. The molecule has 4 rings (SSSR count). The molecule has 0 saturated carbocycles. The molecule has 0 saturated heterocycles. The number of nitrogens with one attached hydrogen (secondary N) is 1. The Hall–Kier alpha value is -3.14. The summed E-state index contributed by atoms with van der Waals surface area (Å²) in [6.07, 6.45) is 2.88. The van der Waals surface area contributed by atoms with E-state index in [1.54, 1.807) is 6.21 Å². The highest BCUT2D eigenvalue weighted by Crippen LogP contribution is 2.44. The van der Waals surface area contributed by atoms with E-state index in [9.17, 15) is 4.79 Å². The predicted molar refractivity (Wildman–Crippen MR) is 130 cm³/mol. The van der Waals surface area contributed by atoms with Crippen LogP contribution in [0.25, 0.3) is 10.8 Å². The molecule has 0 fully saturated rings. The number of hydrogen-bond acceptors (Lipinski definition) is 3. The minimum Gasteiger partial charge on any atom is -0.366 e. The zero-order valence-corrected chi connectivity index (χ0v) is 19.1. The Labute approximate surface area is 185 Å². The minimum absolute atomic E-state index is 0.148. The number of benzene rings is 3. The molecule has 0 radical (unpaired) electrons. The number of amides is 1. The second-order valence-electron chi connectivity index (χ2n) is 9.16. The van der Waals surface area contributed by atoms with Crippen molar-refractivity contribution in [2.24, 2.45) is 5.10 Å². The van der Waals surface area contributed by atoms with Gasteiger partial charge in [0.1, 0.15) is 0 Å². The summed E-state index contributed by atoms with van der Waals surface area (Å²) in [6.45, 7) is 12.3. The zero-order valence-electron chi connectivity index (χ0n) is 19.1. The Bertz CT molecular complexity index is 1160. The van der Waals surface area contributed by atoms with Crippen LogP contribution in [-0.4, -0.2) is 24.2 Å². The van der Waals surface area contributed by atoms with Gasteiger partial charge in [-0.15, -0.1) is 0 Å². The Morgan fingerprint density at radius 2 is 1.94 bits per heavy atom. The predicted octanol–water partition coefficient (Wildman–Crippen LogP) is 6.02. The first kappa shape index (κ1) is 21.1. The Balaban J connectivity index is 1.59. The SMILES string of the molecule is CCN1c2cc(C)c(/C=N\NC(=O)c3cccc4ccccc34)cc2C(C)CC1(C)C. The van der Waals surface area contributed by atoms with Gasteiger partial charge in [0.15, 0.2) is 0 Å². The fourth-order valence-electron chi connectivity index (χ4n) is 5.03. The van der Waals surface area contributed by atoms with Crippen LogP contribution >= 0.6 is 0 Å². The number of anilines is 1. The van der Waals surface area contributed by atoms with E-state index in [-0.39, 0.29) is 11.4 Å². The van der Waals surface area contributed by atoms with Gasteiger partial charge in [-0.25, -0.2) is 5.43 Å². The number of carbonyl (C=O) groups is 1. The smallest absolute Gasteiger partial charge is 0.271 e. The van der Waals surface area contributed by atoms with Crippen LogP contribution in [0.5, 0.6) is 0 Å². The first-order valence-electron chi connectivity index (χ1n) is 11.0. The van der Waals surface area contributed by atoms with Gasteiger partial charge in [0.25, 0.3) is 5.91 Å². The first-order valence-corrected chi connectivity index (χ1v) is 11.0. The van der Waals surface area contributed by atoms with E-state index in [1.165, 1.54) is 11.3 Å². The quantitative estimate of drug-likeness (QED) is 0.420. The molecular formula is C27H31N3O. The van der Waals surface area contributed by atoms with Gasteiger partial charge in [-0.3, -0.25) is 4.79 Å². The fraction of sp³-hybridized carbons (Fsp3) is 0.333. The van der Waals surface area contributed by atoms with Gasteiger partial charge >= 0.3 is 0 Å². The van der Waals surface area contributed by atoms with Gasteiger partial charge in [-0.1, -0.05) is 43.3 Å². The minimum atomic E-state index is -0.198. The molecule has 0 spiro atoms. The van der Waals surface area contributed by atoms with Crippen molar-refractivity contribution in [1.29, 1.82) is 0 Å². The van der Waals surface area contributed by atoms with E-state index in [1.807, 2.05) is 42.5 Å². The van der Waals surface area contributed by atoms with E-state index in [2.05, 4.69) is 62.2 Å². The van der Waals surface area contributed by atoms with Gasteiger partial charge in [0.2, 0.25) is 0 Å². The van der Waals surface area contributed by atoms with Crippen molar-refractivity contribution in [1.82, 2.24) is 5.43 Å². The molecule has 1 amide bonds. The number of fused-ring (bicyclic) bond motifs is 2. The summed E-state index contributed by atoms with van der Waals surface area (Å²) >= 11 is 0. The Morgan fingerprint density at radius 3 is 2.71 bits per heavy atom. The average molecular weight is 414 g/mol. The number of rotatable bonds is 4. The number of hydrogen-bond donors (Lipinski definition) is 1. The second kappa shape index (κ2) is 8.18. The van der Waals surface area contributed by atoms with E-state index in [4.69, 9.17) is 0 Å². The highest BCUT2D eigenvalue weighted by Gasteiger charge is 2.35. The average Bonchev–Trinajstić information content (AvgIpc) is 2.73. The van der Waals surface area contributed by atoms with Gasteiger partial charge in [-0.2, -0.15) is 5.10 Å². The summed E-state index contributed by atoms with van der Waals surface area (Å²) < 4.78 is 0. The Morgan fingerprint density at radius 1 is 1.19 bits per heavy atom. The van der Waals surface area contributed by atoms with E-state index in [0.29, 0.717) is 11.5 Å². The number of nitrogens with zero attached hydrogens (tertiary/aromatic N) is 2. The number of carbonyl (C=O) groups excluding carboxylic acids is 1. The molecule has 1 aliphatic rings. The fourth-order valence-corrected chi connectivity index (χ4v) is 5.03. The number of hydrazone groups is 1. The number of aryl methyl sites for hydroxylation is 1. The van der Waals surface area contributed by atoms with E-state index >= 15 is 0 Å². The van der Waals surface area contributed by atoms with Crippen LogP contribution in [-0.2, 0) is 0 Å². The summed E-state index contributed by atoms with van der Waals surface area (Å²) in [5, 5.41) is 6.26. The normalized spacial score (nSPS) is 17.7. The standard InChI is InChI=1S/C27H31N3O/c1-6-30-25-14-18(2)21(15-24(25)19(3)16-27(30,4)5)17-28-29-26(31)23-13-9-11-20-10-7-8-12-22(20)23/h7-15,17,19H,6,16H2,1-5H3,(H,29,31)/b28-17-. The van der Waals surface area contributed by atoms with Crippen LogP contribution in [0.15, 0.2) is 59.7 Å². The largest absolute Gasteiger partial charge is 0.366 e. The van der Waals surface area contributed by atoms with Crippen molar-refractivity contribution in [3.8, 4) is 0 Å². The highest BCUT2D eigenvalue weighted by molar-refractivity contribution is 6.07. The van der Waals surface area contributed by atoms with E-state index < -0.39 is 0 Å². The molecule has 1 aliphatic heterocycles. The first-order chi connectivity index (χ1) is 14.8. The maximum atomic E-state index is 12.7. The van der Waals surface area contributed by atoms with Crippen LogP contribution in [0.4, 0.5) is 5.69 Å². The monoisotopic (exact) mass is 413 g/mol.